The molecule has 2 aromatic rings. The first-order chi connectivity index (χ1) is 10.0. The number of nitro groups is 1. The summed E-state index contributed by atoms with van der Waals surface area (Å²) in [5, 5.41) is 18.2. The summed E-state index contributed by atoms with van der Waals surface area (Å²) >= 11 is 0. The average molecular weight is 288 g/mol. The van der Waals surface area contributed by atoms with Crippen LogP contribution in [0.2, 0.25) is 0 Å². The molecule has 7 heteroatoms. The predicted octanol–water partition coefficient (Wildman–Crippen LogP) is 1.94. The summed E-state index contributed by atoms with van der Waals surface area (Å²) in [7, 11) is 0. The Morgan fingerprint density at radius 1 is 1.33 bits per heavy atom. The minimum atomic E-state index is -0.437. The van der Waals surface area contributed by atoms with E-state index >= 15 is 0 Å². The maximum atomic E-state index is 11.7. The highest BCUT2D eigenvalue weighted by Gasteiger charge is 2.14. The molecule has 110 valence electrons. The molecule has 0 fully saturated rings. The minimum Gasteiger partial charge on any atom is -0.380 e. The zero-order valence-electron chi connectivity index (χ0n) is 11.9. The maximum Gasteiger partial charge on any atom is 0.292 e. The zero-order chi connectivity index (χ0) is 15.4. The van der Waals surface area contributed by atoms with Crippen molar-refractivity contribution in [2.45, 2.75) is 20.4 Å². The molecule has 1 aromatic heterocycles. The monoisotopic (exact) mass is 288 g/mol. The summed E-state index contributed by atoms with van der Waals surface area (Å²) in [6.07, 6.45) is 0. The normalized spacial score (nSPS) is 10.4. The Morgan fingerprint density at radius 3 is 2.76 bits per heavy atom. The summed E-state index contributed by atoms with van der Waals surface area (Å²) < 4.78 is 1.29. The third-order valence-corrected chi connectivity index (χ3v) is 2.96. The van der Waals surface area contributed by atoms with Crippen molar-refractivity contribution in [3.05, 3.63) is 62.1 Å². The maximum absolute atomic E-state index is 11.7. The van der Waals surface area contributed by atoms with Crippen molar-refractivity contribution in [1.29, 1.82) is 0 Å². The van der Waals surface area contributed by atoms with Gasteiger partial charge in [0.15, 0.2) is 0 Å². The van der Waals surface area contributed by atoms with Crippen LogP contribution >= 0.6 is 0 Å². The third-order valence-electron chi connectivity index (χ3n) is 2.96. The van der Waals surface area contributed by atoms with Crippen molar-refractivity contribution in [3.63, 3.8) is 0 Å². The Kier molecular flexibility index (Phi) is 4.32. The van der Waals surface area contributed by atoms with Crippen molar-refractivity contribution in [3.8, 4) is 0 Å². The third kappa shape index (κ3) is 3.44. The van der Waals surface area contributed by atoms with E-state index < -0.39 is 4.92 Å². The highest BCUT2D eigenvalue weighted by molar-refractivity contribution is 5.62. The van der Waals surface area contributed by atoms with Crippen molar-refractivity contribution < 1.29 is 4.92 Å². The molecule has 2 rings (SSSR count). The molecular weight excluding hydrogens is 272 g/mol. The summed E-state index contributed by atoms with van der Waals surface area (Å²) in [4.78, 5) is 22.4. The van der Waals surface area contributed by atoms with E-state index in [4.69, 9.17) is 0 Å². The number of benzene rings is 1. The Hall–Kier alpha value is -2.70. The van der Waals surface area contributed by atoms with Gasteiger partial charge in [-0.3, -0.25) is 14.9 Å². The largest absolute Gasteiger partial charge is 0.380 e. The standard InChI is InChI=1S/C14H16N4O3/c1-3-15-12-6-5-11(8-13(12)18(20)21)9-17-14(19)7-4-10(2)16-17/h4-8,15H,3,9H2,1-2H3. The van der Waals surface area contributed by atoms with Crippen LogP contribution in [-0.2, 0) is 6.54 Å². The van der Waals surface area contributed by atoms with E-state index in [1.807, 2.05) is 6.92 Å². The molecule has 0 atom stereocenters. The van der Waals surface area contributed by atoms with Crippen molar-refractivity contribution in [2.24, 2.45) is 0 Å². The van der Waals surface area contributed by atoms with Crippen LogP contribution in [0, 0.1) is 17.0 Å². The predicted molar refractivity (Wildman–Crippen MR) is 79.6 cm³/mol. The number of rotatable bonds is 5. The van der Waals surface area contributed by atoms with Gasteiger partial charge in [0.25, 0.3) is 11.2 Å². The first-order valence-electron chi connectivity index (χ1n) is 6.57. The van der Waals surface area contributed by atoms with Gasteiger partial charge in [-0.1, -0.05) is 6.07 Å². The molecule has 0 bridgehead atoms. The Labute approximate surface area is 121 Å². The molecule has 0 spiro atoms. The van der Waals surface area contributed by atoms with Crippen LogP contribution in [0.1, 0.15) is 18.2 Å². The van der Waals surface area contributed by atoms with Crippen molar-refractivity contribution in [2.75, 3.05) is 11.9 Å². The lowest BCUT2D eigenvalue weighted by atomic mass is 10.1. The second-order valence-electron chi connectivity index (χ2n) is 4.61. The summed E-state index contributed by atoms with van der Waals surface area (Å²) in [5.74, 6) is 0. The first kappa shape index (κ1) is 14.7. The number of aryl methyl sites for hydroxylation is 1. The molecule has 0 radical (unpaired) electrons. The molecule has 0 aliphatic heterocycles. The number of nitro benzene ring substituents is 1. The molecule has 0 amide bonds. The molecule has 0 aliphatic rings. The fourth-order valence-corrected chi connectivity index (χ4v) is 2.00. The van der Waals surface area contributed by atoms with Gasteiger partial charge in [0.2, 0.25) is 0 Å². The van der Waals surface area contributed by atoms with Gasteiger partial charge in [-0.2, -0.15) is 5.10 Å². The zero-order valence-corrected chi connectivity index (χ0v) is 11.9. The Bertz CT molecular complexity index is 724. The van der Waals surface area contributed by atoms with Gasteiger partial charge in [-0.25, -0.2) is 4.68 Å². The van der Waals surface area contributed by atoms with E-state index in [2.05, 4.69) is 10.4 Å². The van der Waals surface area contributed by atoms with Crippen LogP contribution in [0.25, 0.3) is 0 Å². The molecule has 7 nitrogen and oxygen atoms in total. The lowest BCUT2D eigenvalue weighted by molar-refractivity contribution is -0.384. The van der Waals surface area contributed by atoms with Crippen LogP contribution in [-0.4, -0.2) is 21.2 Å². The second kappa shape index (κ2) is 6.17. The number of nitrogens with one attached hydrogen (secondary N) is 1. The number of hydrogen-bond acceptors (Lipinski definition) is 5. The molecule has 1 N–H and O–H groups in total. The minimum absolute atomic E-state index is 0.00458. The first-order valence-corrected chi connectivity index (χ1v) is 6.57. The van der Waals surface area contributed by atoms with Gasteiger partial charge in [-0.05, 0) is 31.5 Å². The van der Waals surface area contributed by atoms with E-state index in [9.17, 15) is 14.9 Å². The van der Waals surface area contributed by atoms with E-state index in [0.29, 0.717) is 23.5 Å². The van der Waals surface area contributed by atoms with Crippen LogP contribution in [0.15, 0.2) is 35.1 Å². The SMILES string of the molecule is CCNc1ccc(Cn2nc(C)ccc2=O)cc1[N+](=O)[O-]. The molecule has 21 heavy (non-hydrogen) atoms. The summed E-state index contributed by atoms with van der Waals surface area (Å²) in [6, 6.07) is 7.94. The second-order valence-corrected chi connectivity index (χ2v) is 4.61. The quantitative estimate of drug-likeness (QED) is 0.670. The smallest absolute Gasteiger partial charge is 0.292 e. The Balaban J connectivity index is 2.37. The molecule has 0 saturated heterocycles. The van der Waals surface area contributed by atoms with Crippen molar-refractivity contribution >= 4 is 11.4 Å². The molecule has 0 aliphatic carbocycles. The van der Waals surface area contributed by atoms with Crippen LogP contribution < -0.4 is 10.9 Å². The average Bonchev–Trinajstić information content (AvgIpc) is 2.44. The van der Waals surface area contributed by atoms with Crippen LogP contribution in [0.3, 0.4) is 0 Å². The highest BCUT2D eigenvalue weighted by Crippen LogP contribution is 2.25. The summed E-state index contributed by atoms with van der Waals surface area (Å²) in [6.45, 7) is 4.45. The number of anilines is 1. The lowest BCUT2D eigenvalue weighted by Gasteiger charge is -2.08. The molecule has 1 heterocycles. The number of nitrogens with zero attached hydrogens (tertiary/aromatic N) is 3. The van der Waals surface area contributed by atoms with Crippen LogP contribution in [0.4, 0.5) is 11.4 Å². The molecule has 0 saturated carbocycles. The number of hydrogen-bond donors (Lipinski definition) is 1. The molecule has 1 aromatic carbocycles. The summed E-state index contributed by atoms with van der Waals surface area (Å²) in [5.41, 5.74) is 1.60. The number of aromatic nitrogens is 2. The van der Waals surface area contributed by atoms with E-state index in [1.165, 1.54) is 16.8 Å². The van der Waals surface area contributed by atoms with Crippen LogP contribution in [0.5, 0.6) is 0 Å². The van der Waals surface area contributed by atoms with Gasteiger partial charge in [-0.15, -0.1) is 0 Å². The highest BCUT2D eigenvalue weighted by atomic mass is 16.6. The fraction of sp³-hybridized carbons (Fsp3) is 0.286. The lowest BCUT2D eigenvalue weighted by Crippen LogP contribution is -2.23. The van der Waals surface area contributed by atoms with Gasteiger partial charge < -0.3 is 5.32 Å². The Morgan fingerprint density at radius 2 is 2.10 bits per heavy atom. The van der Waals surface area contributed by atoms with Gasteiger partial charge in [0.1, 0.15) is 5.69 Å². The topological polar surface area (TPSA) is 90.1 Å². The molecule has 0 unspecified atom stereocenters. The van der Waals surface area contributed by atoms with Gasteiger partial charge in [0, 0.05) is 18.7 Å². The fourth-order valence-electron chi connectivity index (χ4n) is 2.00. The van der Waals surface area contributed by atoms with E-state index in [-0.39, 0.29) is 17.8 Å². The van der Waals surface area contributed by atoms with E-state index in [1.54, 1.807) is 25.1 Å². The molecular formula is C14H16N4O3. The van der Waals surface area contributed by atoms with Crippen molar-refractivity contribution in [1.82, 2.24) is 9.78 Å². The van der Waals surface area contributed by atoms with Gasteiger partial charge in [0.05, 0.1) is 17.2 Å². The van der Waals surface area contributed by atoms with Gasteiger partial charge >= 0.3 is 0 Å². The van der Waals surface area contributed by atoms with E-state index in [0.717, 1.165) is 0 Å².